The summed E-state index contributed by atoms with van der Waals surface area (Å²) in [6.07, 6.45) is 0. The van der Waals surface area contributed by atoms with Crippen LogP contribution in [0.15, 0.2) is 24.3 Å². The third-order valence-electron chi connectivity index (χ3n) is 4.10. The third kappa shape index (κ3) is 4.45. The lowest BCUT2D eigenvalue weighted by Gasteiger charge is -2.38. The van der Waals surface area contributed by atoms with Gasteiger partial charge in [0.15, 0.2) is 0 Å². The molecule has 6 nitrogen and oxygen atoms in total. The Morgan fingerprint density at radius 1 is 1.22 bits per heavy atom. The van der Waals surface area contributed by atoms with E-state index in [9.17, 15) is 9.59 Å². The number of nitrogens with zero attached hydrogens (tertiary/aromatic N) is 1. The Kier molecular flexibility index (Phi) is 5.60. The zero-order chi connectivity index (χ0) is 17.0. The minimum atomic E-state index is -0.247. The van der Waals surface area contributed by atoms with E-state index in [4.69, 9.17) is 0 Å². The van der Waals surface area contributed by atoms with Crippen molar-refractivity contribution in [1.82, 2.24) is 15.5 Å². The zero-order valence-electron chi connectivity index (χ0n) is 14.2. The molecular formula is C17H26N4O2. The predicted molar refractivity (Wildman–Crippen MR) is 91.7 cm³/mol. The number of urea groups is 1. The normalized spacial score (nSPS) is 21.2. The quantitative estimate of drug-likeness (QED) is 0.798. The molecule has 1 aliphatic heterocycles. The summed E-state index contributed by atoms with van der Waals surface area (Å²) in [5.41, 5.74) is 1.31. The maximum absolute atomic E-state index is 12.6. The van der Waals surface area contributed by atoms with E-state index >= 15 is 0 Å². The topological polar surface area (TPSA) is 73.5 Å². The summed E-state index contributed by atoms with van der Waals surface area (Å²) in [5, 5.41) is 8.87. The van der Waals surface area contributed by atoms with Gasteiger partial charge in [-0.3, -0.25) is 4.79 Å². The van der Waals surface area contributed by atoms with Crippen LogP contribution in [0.1, 0.15) is 38.1 Å². The Labute approximate surface area is 137 Å². The summed E-state index contributed by atoms with van der Waals surface area (Å²) in [7, 11) is 0. The van der Waals surface area contributed by atoms with Gasteiger partial charge in [0.2, 0.25) is 0 Å². The largest absolute Gasteiger partial charge is 0.336 e. The SMILES string of the molecule is CC(C)NC(=O)Nc1ccc(C(=O)N2CCNC(C)C2C)cc1. The summed E-state index contributed by atoms with van der Waals surface area (Å²) >= 11 is 0. The molecule has 1 aromatic carbocycles. The standard InChI is InChI=1S/C17H26N4O2/c1-11(2)19-17(23)20-15-7-5-14(6-8-15)16(22)21-10-9-18-12(3)13(21)4/h5-8,11-13,18H,9-10H2,1-4H3,(H2,19,20,23). The molecule has 1 aliphatic rings. The molecule has 1 heterocycles. The highest BCUT2D eigenvalue weighted by Crippen LogP contribution is 2.16. The molecule has 3 N–H and O–H groups in total. The Hall–Kier alpha value is -2.08. The second-order valence-corrected chi connectivity index (χ2v) is 6.31. The minimum Gasteiger partial charge on any atom is -0.336 e. The van der Waals surface area contributed by atoms with Gasteiger partial charge in [-0.05, 0) is 52.0 Å². The first-order valence-electron chi connectivity index (χ1n) is 8.10. The molecule has 0 spiro atoms. The molecular weight excluding hydrogens is 292 g/mol. The van der Waals surface area contributed by atoms with Gasteiger partial charge in [0.25, 0.3) is 5.91 Å². The van der Waals surface area contributed by atoms with E-state index in [2.05, 4.69) is 29.8 Å². The van der Waals surface area contributed by atoms with Crippen LogP contribution in [0.3, 0.4) is 0 Å². The lowest BCUT2D eigenvalue weighted by molar-refractivity contribution is 0.0603. The van der Waals surface area contributed by atoms with Crippen molar-refractivity contribution in [3.05, 3.63) is 29.8 Å². The highest BCUT2D eigenvalue weighted by atomic mass is 16.2. The number of carbonyl (C=O) groups excluding carboxylic acids is 2. The Balaban J connectivity index is 2.01. The van der Waals surface area contributed by atoms with E-state index in [-0.39, 0.29) is 30.1 Å². The predicted octanol–water partition coefficient (Wildman–Crippen LogP) is 2.04. The first-order chi connectivity index (χ1) is 10.9. The van der Waals surface area contributed by atoms with Crippen molar-refractivity contribution in [2.24, 2.45) is 0 Å². The van der Waals surface area contributed by atoms with Crippen LogP contribution in [0.4, 0.5) is 10.5 Å². The number of amides is 3. The van der Waals surface area contributed by atoms with Crippen LogP contribution in [0.5, 0.6) is 0 Å². The molecule has 2 unspecified atom stereocenters. The molecule has 1 aromatic rings. The lowest BCUT2D eigenvalue weighted by Crippen LogP contribution is -2.57. The molecule has 0 saturated carbocycles. The summed E-state index contributed by atoms with van der Waals surface area (Å²) in [4.78, 5) is 26.2. The Morgan fingerprint density at radius 2 is 1.87 bits per heavy atom. The molecule has 6 heteroatoms. The number of anilines is 1. The molecule has 0 radical (unpaired) electrons. The van der Waals surface area contributed by atoms with Crippen molar-refractivity contribution in [3.8, 4) is 0 Å². The molecule has 3 amide bonds. The van der Waals surface area contributed by atoms with Gasteiger partial charge in [0.05, 0.1) is 0 Å². The average Bonchev–Trinajstić information content (AvgIpc) is 2.49. The zero-order valence-corrected chi connectivity index (χ0v) is 14.2. The van der Waals surface area contributed by atoms with Crippen molar-refractivity contribution in [2.75, 3.05) is 18.4 Å². The summed E-state index contributed by atoms with van der Waals surface area (Å²) in [5.74, 6) is 0.0315. The van der Waals surface area contributed by atoms with Crippen LogP contribution in [-0.4, -0.2) is 48.1 Å². The van der Waals surface area contributed by atoms with Crippen molar-refractivity contribution in [1.29, 1.82) is 0 Å². The van der Waals surface area contributed by atoms with Gasteiger partial charge in [-0.2, -0.15) is 0 Å². The van der Waals surface area contributed by atoms with Gasteiger partial charge in [0.1, 0.15) is 0 Å². The number of carbonyl (C=O) groups is 2. The monoisotopic (exact) mass is 318 g/mol. The molecule has 1 fully saturated rings. The van der Waals surface area contributed by atoms with Gasteiger partial charge in [-0.25, -0.2) is 4.79 Å². The number of hydrogen-bond donors (Lipinski definition) is 3. The fourth-order valence-corrected chi connectivity index (χ4v) is 2.63. The summed E-state index contributed by atoms with van der Waals surface area (Å²) in [6.45, 7) is 9.47. The smallest absolute Gasteiger partial charge is 0.319 e. The van der Waals surface area contributed by atoms with E-state index in [1.165, 1.54) is 0 Å². The highest BCUT2D eigenvalue weighted by Gasteiger charge is 2.28. The number of hydrogen-bond acceptors (Lipinski definition) is 3. The first-order valence-corrected chi connectivity index (χ1v) is 8.10. The second kappa shape index (κ2) is 7.46. The molecule has 2 atom stereocenters. The van der Waals surface area contributed by atoms with Crippen LogP contribution in [-0.2, 0) is 0 Å². The molecule has 23 heavy (non-hydrogen) atoms. The van der Waals surface area contributed by atoms with Crippen molar-refractivity contribution in [3.63, 3.8) is 0 Å². The molecule has 0 aromatic heterocycles. The maximum atomic E-state index is 12.6. The fraction of sp³-hybridized carbons (Fsp3) is 0.529. The fourth-order valence-electron chi connectivity index (χ4n) is 2.63. The molecule has 2 rings (SSSR count). The Bertz CT molecular complexity index is 556. The van der Waals surface area contributed by atoms with Gasteiger partial charge in [0, 0.05) is 42.5 Å². The van der Waals surface area contributed by atoms with Gasteiger partial charge < -0.3 is 20.9 Å². The number of rotatable bonds is 3. The molecule has 0 aliphatic carbocycles. The van der Waals surface area contributed by atoms with Crippen LogP contribution in [0.2, 0.25) is 0 Å². The van der Waals surface area contributed by atoms with Gasteiger partial charge in [-0.15, -0.1) is 0 Å². The van der Waals surface area contributed by atoms with E-state index in [0.29, 0.717) is 17.8 Å². The van der Waals surface area contributed by atoms with Crippen LogP contribution in [0.25, 0.3) is 0 Å². The van der Waals surface area contributed by atoms with Crippen molar-refractivity contribution < 1.29 is 9.59 Å². The van der Waals surface area contributed by atoms with E-state index < -0.39 is 0 Å². The number of nitrogens with one attached hydrogen (secondary N) is 3. The van der Waals surface area contributed by atoms with E-state index in [0.717, 1.165) is 6.54 Å². The second-order valence-electron chi connectivity index (χ2n) is 6.31. The lowest BCUT2D eigenvalue weighted by atomic mass is 10.1. The van der Waals surface area contributed by atoms with Crippen molar-refractivity contribution in [2.45, 2.75) is 45.8 Å². The molecule has 0 bridgehead atoms. The Morgan fingerprint density at radius 3 is 2.48 bits per heavy atom. The average molecular weight is 318 g/mol. The molecule has 1 saturated heterocycles. The van der Waals surface area contributed by atoms with Crippen LogP contribution < -0.4 is 16.0 Å². The minimum absolute atomic E-state index is 0.0315. The van der Waals surface area contributed by atoms with E-state index in [1.54, 1.807) is 24.3 Å². The number of benzene rings is 1. The van der Waals surface area contributed by atoms with Crippen molar-refractivity contribution >= 4 is 17.6 Å². The molecule has 126 valence electrons. The van der Waals surface area contributed by atoms with Gasteiger partial charge in [-0.1, -0.05) is 0 Å². The van der Waals surface area contributed by atoms with E-state index in [1.807, 2.05) is 18.7 Å². The number of piperazine rings is 1. The van der Waals surface area contributed by atoms with Gasteiger partial charge >= 0.3 is 6.03 Å². The maximum Gasteiger partial charge on any atom is 0.319 e. The summed E-state index contributed by atoms with van der Waals surface area (Å²) in [6, 6.07) is 7.29. The van der Waals surface area contributed by atoms with Crippen LogP contribution >= 0.6 is 0 Å². The third-order valence-corrected chi connectivity index (χ3v) is 4.10. The first kappa shape index (κ1) is 17.3. The van der Waals surface area contributed by atoms with Crippen LogP contribution in [0, 0.1) is 0 Å². The highest BCUT2D eigenvalue weighted by molar-refractivity contribution is 5.95. The summed E-state index contributed by atoms with van der Waals surface area (Å²) < 4.78 is 0.